The molecule has 91 heavy (non-hydrogen) atoms. The summed E-state index contributed by atoms with van der Waals surface area (Å²) in [5, 5.41) is 0. The number of rotatable bonds is 13. The van der Waals surface area contributed by atoms with Crippen LogP contribution in [0, 0.1) is 44.0 Å². The van der Waals surface area contributed by atoms with Crippen molar-refractivity contribution in [2.75, 3.05) is 0 Å². The summed E-state index contributed by atoms with van der Waals surface area (Å²) in [6.07, 6.45) is 8.38. The quantitative estimate of drug-likeness (QED) is 0.108. The summed E-state index contributed by atoms with van der Waals surface area (Å²) >= 11 is 0. The average molecular weight is 1900 g/mol. The molecule has 4 radical (unpaired) electrons. The van der Waals surface area contributed by atoms with E-state index in [4.69, 9.17) is 0 Å². The fourth-order valence-electron chi connectivity index (χ4n) is 10.3. The Labute approximate surface area is 596 Å². The van der Waals surface area contributed by atoms with Gasteiger partial charge in [-0.15, -0.1) is 142 Å². The monoisotopic (exact) mass is 1900 g/mol. The van der Waals surface area contributed by atoms with Gasteiger partial charge in [0.05, 0.1) is 0 Å². The second-order valence-corrected chi connectivity index (χ2v) is 23.5. The first-order valence-corrected chi connectivity index (χ1v) is 30.4. The van der Waals surface area contributed by atoms with Crippen molar-refractivity contribution < 1.29 is 80.4 Å². The molecule has 0 spiro atoms. The molecule has 0 amide bonds. The SMILES string of the molecule is CC(C)Cc1cccc(-c2cc[c-]c(-c3ccccn3)c2)c1.CC(C)c1cc(-c2cc[c-]c(-c3ccccn3)c2)cc(C(C)C)c1.CC(C)c1ccc(-c2cc[c-]c(-c3ccccn3)c2)cc1.Cc1cc(C)cc(-c2cc[c-]c(-c3ccccn3)c2)c1.[Ir].[Ir].[Ir].[Ir]. The Bertz CT molecular complexity index is 4050. The number of benzene rings is 8. The smallest absolute Gasteiger partial charge is 0.0160 e. The standard InChI is InChI=1S/C23H24N.C21H20N.C20H18N.C19H16N.4Ir/c1-16(2)20-13-21(17(3)4)15-22(14-20)18-8-7-9-19(12-18)23-10-5-6-11-24-23;1-16(2)13-17-7-5-8-18(14-17)19-9-6-10-20(15-19)21-11-3-4-12-22-21;1-15(2)16-9-11-17(12-10-16)18-6-5-7-19(14-18)20-8-3-4-13-21-20;1-14-10-15(2)12-18(11-14)16-6-5-7-17(13-16)19-8-3-4-9-20-19;;;;/h5-8,10-17H,1-4H3;3-9,11-12,14-16H,13H2,1-2H3;3-6,8-15H,1-2H3;3-6,8-13H,1-2H3;;;;/q4*-1;;;;. The van der Waals surface area contributed by atoms with Gasteiger partial charge < -0.3 is 19.9 Å². The zero-order valence-electron chi connectivity index (χ0n) is 53.4. The molecular formula is C83H78Ir4N4-4. The van der Waals surface area contributed by atoms with Crippen molar-refractivity contribution in [2.24, 2.45) is 5.92 Å². The van der Waals surface area contributed by atoms with Gasteiger partial charge in [0.1, 0.15) is 0 Å². The maximum Gasteiger partial charge on any atom is 0.0160 e. The average Bonchev–Trinajstić information content (AvgIpc) is 3.68. The maximum absolute atomic E-state index is 4.44. The number of hydrogen-bond acceptors (Lipinski definition) is 4. The number of aryl methyl sites for hydroxylation is 2. The predicted molar refractivity (Wildman–Crippen MR) is 366 cm³/mol. The largest absolute Gasteiger partial charge is 0.305 e. The Balaban J connectivity index is 0.000000218. The van der Waals surface area contributed by atoms with E-state index < -0.39 is 0 Å². The van der Waals surface area contributed by atoms with Gasteiger partial charge in [0.2, 0.25) is 0 Å². The summed E-state index contributed by atoms with van der Waals surface area (Å²) in [4.78, 5) is 17.6. The van der Waals surface area contributed by atoms with Crippen LogP contribution in [0.15, 0.2) is 255 Å². The summed E-state index contributed by atoms with van der Waals surface area (Å²) in [6.45, 7) is 22.2. The van der Waals surface area contributed by atoms with Crippen LogP contribution in [0.3, 0.4) is 0 Å². The molecule has 0 bridgehead atoms. The first-order chi connectivity index (χ1) is 42.2. The molecule has 470 valence electrons. The van der Waals surface area contributed by atoms with Gasteiger partial charge in [-0.05, 0) is 135 Å². The van der Waals surface area contributed by atoms with E-state index in [0.717, 1.165) is 51.5 Å². The zero-order valence-corrected chi connectivity index (χ0v) is 63.0. The van der Waals surface area contributed by atoms with E-state index in [0.29, 0.717) is 23.7 Å². The number of hydrogen-bond donors (Lipinski definition) is 0. The Morgan fingerprint density at radius 2 is 0.626 bits per heavy atom. The van der Waals surface area contributed by atoms with Gasteiger partial charge in [-0.3, -0.25) is 0 Å². The molecule has 0 saturated carbocycles. The van der Waals surface area contributed by atoms with Crippen molar-refractivity contribution in [1.29, 1.82) is 0 Å². The third-order valence-corrected chi connectivity index (χ3v) is 15.0. The molecule has 8 heteroatoms. The molecule has 0 aliphatic heterocycles. The molecule has 0 aliphatic carbocycles. The van der Waals surface area contributed by atoms with E-state index in [1.54, 1.807) is 0 Å². The molecule has 4 heterocycles. The van der Waals surface area contributed by atoms with Crippen LogP contribution in [0.1, 0.15) is 107 Å². The maximum atomic E-state index is 4.44. The minimum atomic E-state index is 0. The number of nitrogens with zero attached hydrogens (tertiary/aromatic N) is 4. The van der Waals surface area contributed by atoms with Crippen molar-refractivity contribution in [3.05, 3.63) is 313 Å². The summed E-state index contributed by atoms with van der Waals surface area (Å²) in [7, 11) is 0. The van der Waals surface area contributed by atoms with E-state index in [9.17, 15) is 0 Å². The van der Waals surface area contributed by atoms with Gasteiger partial charge in [0.25, 0.3) is 0 Å². The van der Waals surface area contributed by atoms with E-state index in [1.807, 2.05) is 122 Å². The summed E-state index contributed by atoms with van der Waals surface area (Å²) in [5.41, 5.74) is 25.9. The molecule has 0 saturated heterocycles. The minimum Gasteiger partial charge on any atom is -0.305 e. The van der Waals surface area contributed by atoms with Crippen LogP contribution in [-0.2, 0) is 86.8 Å². The molecule has 0 N–H and O–H groups in total. The molecule has 0 fully saturated rings. The summed E-state index contributed by atoms with van der Waals surface area (Å²) in [5.74, 6) is 2.27. The zero-order chi connectivity index (χ0) is 61.1. The van der Waals surface area contributed by atoms with Crippen LogP contribution in [0.2, 0.25) is 0 Å². The van der Waals surface area contributed by atoms with Gasteiger partial charge >= 0.3 is 0 Å². The van der Waals surface area contributed by atoms with Crippen molar-refractivity contribution in [1.82, 2.24) is 19.9 Å². The molecule has 0 unspecified atom stereocenters. The van der Waals surface area contributed by atoms with E-state index >= 15 is 0 Å². The topological polar surface area (TPSA) is 51.6 Å². The van der Waals surface area contributed by atoms with Crippen LogP contribution < -0.4 is 0 Å². The number of pyridine rings is 4. The van der Waals surface area contributed by atoms with E-state index in [1.165, 1.54) is 77.9 Å². The van der Waals surface area contributed by atoms with Crippen molar-refractivity contribution >= 4 is 0 Å². The first-order valence-electron chi connectivity index (χ1n) is 30.4. The van der Waals surface area contributed by atoms with Crippen LogP contribution in [0.4, 0.5) is 0 Å². The third kappa shape index (κ3) is 22.1. The molecular weight excluding hydrogens is 1820 g/mol. The van der Waals surface area contributed by atoms with Gasteiger partial charge in [-0.1, -0.05) is 200 Å². The van der Waals surface area contributed by atoms with Gasteiger partial charge in [-0.25, -0.2) is 0 Å². The number of aromatic nitrogens is 4. The normalized spacial score (nSPS) is 10.4. The van der Waals surface area contributed by atoms with Crippen molar-refractivity contribution in [3.8, 4) is 89.5 Å². The molecule has 4 aromatic heterocycles. The Morgan fingerprint density at radius 3 is 0.967 bits per heavy atom. The first kappa shape index (κ1) is 74.7. The van der Waals surface area contributed by atoms with Crippen LogP contribution in [0.5, 0.6) is 0 Å². The fraction of sp³-hybridized carbons (Fsp3) is 0.181. The van der Waals surface area contributed by atoms with Gasteiger partial charge in [0.15, 0.2) is 0 Å². The molecule has 4 nitrogen and oxygen atoms in total. The Hall–Kier alpha value is -7.04. The second kappa shape index (κ2) is 37.5. The predicted octanol–water partition coefficient (Wildman–Crippen LogP) is 22.0. The Morgan fingerprint density at radius 1 is 0.286 bits per heavy atom. The molecule has 12 aromatic rings. The molecule has 0 atom stereocenters. The molecule has 8 aromatic carbocycles. The fourth-order valence-corrected chi connectivity index (χ4v) is 10.3. The molecule has 12 rings (SSSR count). The molecule has 0 aliphatic rings. The summed E-state index contributed by atoms with van der Waals surface area (Å²) < 4.78 is 0. The van der Waals surface area contributed by atoms with Crippen molar-refractivity contribution in [2.45, 2.75) is 93.4 Å². The van der Waals surface area contributed by atoms with Crippen LogP contribution >= 0.6 is 0 Å². The van der Waals surface area contributed by atoms with Crippen LogP contribution in [-0.4, -0.2) is 19.9 Å². The van der Waals surface area contributed by atoms with E-state index in [-0.39, 0.29) is 80.4 Å². The summed E-state index contributed by atoms with van der Waals surface area (Å²) in [6, 6.07) is 93.1. The van der Waals surface area contributed by atoms with Gasteiger partial charge in [-0.2, -0.15) is 0 Å². The Kier molecular flexibility index (Phi) is 30.7. The van der Waals surface area contributed by atoms with Crippen LogP contribution in [0.25, 0.3) is 89.5 Å². The second-order valence-electron chi connectivity index (χ2n) is 23.5. The van der Waals surface area contributed by atoms with E-state index in [2.05, 4.69) is 247 Å². The third-order valence-electron chi connectivity index (χ3n) is 15.0. The van der Waals surface area contributed by atoms with Crippen molar-refractivity contribution in [3.63, 3.8) is 0 Å². The minimum absolute atomic E-state index is 0. The van der Waals surface area contributed by atoms with Gasteiger partial charge in [0, 0.05) is 105 Å².